The Morgan fingerprint density at radius 3 is 0.840 bits per heavy atom. The molecule has 0 aromatic carbocycles. The molecule has 312 valence electrons. The highest BCUT2D eigenvalue weighted by molar-refractivity contribution is 4.69. The molecule has 2 nitrogen and oxygen atoms in total. The zero-order valence-electron chi connectivity index (χ0n) is 40.7. The lowest BCUT2D eigenvalue weighted by Crippen LogP contribution is -2.16. The van der Waals surface area contributed by atoms with Gasteiger partial charge in [0.25, 0.3) is 0 Å². The van der Waals surface area contributed by atoms with Crippen LogP contribution in [-0.4, -0.2) is 26.9 Å². The molecule has 0 aliphatic heterocycles. The van der Waals surface area contributed by atoms with Crippen LogP contribution in [0, 0.1) is 38.4 Å². The van der Waals surface area contributed by atoms with Crippen molar-refractivity contribution in [3.8, 4) is 0 Å². The molecule has 0 rings (SSSR count). The number of unbranched alkanes of at least 4 members (excludes halogenated alkanes) is 3. The molecule has 0 spiro atoms. The van der Waals surface area contributed by atoms with Gasteiger partial charge in [-0.1, -0.05) is 211 Å². The summed E-state index contributed by atoms with van der Waals surface area (Å²) in [6.07, 6.45) is 17.3. The molecule has 0 saturated heterocycles. The van der Waals surface area contributed by atoms with Crippen LogP contribution in [0.1, 0.15) is 250 Å². The summed E-state index contributed by atoms with van der Waals surface area (Å²) >= 11 is 0. The van der Waals surface area contributed by atoms with E-state index in [0.29, 0.717) is 32.5 Å². The minimum absolute atomic E-state index is 0.329. The molecule has 0 saturated carbocycles. The van der Waals surface area contributed by atoms with Crippen LogP contribution in [0.3, 0.4) is 0 Å². The summed E-state index contributed by atoms with van der Waals surface area (Å²) in [7, 11) is 1.75. The summed E-state index contributed by atoms with van der Waals surface area (Å²) in [4.78, 5) is 0. The van der Waals surface area contributed by atoms with Crippen molar-refractivity contribution in [2.24, 2.45) is 38.4 Å². The van der Waals surface area contributed by atoms with Gasteiger partial charge in [0, 0.05) is 20.3 Å². The van der Waals surface area contributed by atoms with Crippen LogP contribution in [-0.2, 0) is 9.47 Å². The second-order valence-corrected chi connectivity index (χ2v) is 21.9. The summed E-state index contributed by atoms with van der Waals surface area (Å²) in [5.74, 6) is 0.863. The lowest BCUT2D eigenvalue weighted by atomic mass is 9.80. The van der Waals surface area contributed by atoms with E-state index in [1.165, 1.54) is 83.5 Å². The van der Waals surface area contributed by atoms with Crippen LogP contribution in [0.2, 0.25) is 0 Å². The van der Waals surface area contributed by atoms with Gasteiger partial charge in [-0.15, -0.1) is 0 Å². The molecule has 0 fully saturated rings. The van der Waals surface area contributed by atoms with Crippen molar-refractivity contribution >= 4 is 0 Å². The molecule has 50 heavy (non-hydrogen) atoms. The smallest absolute Gasteiger partial charge is 0.0514 e. The SMILES string of the molecule is CCCC(C)C(C)(C)C.CCCCC(C)(C)C.CCCCC(C)(C)C.CCCCC(C)(C)C.CCOCC(C)(C)C.COCCCC(C)(C)C. The Hall–Kier alpha value is -0.0800. The average Bonchev–Trinajstić information content (AvgIpc) is 2.92. The molecular formula is C48H108O2. The number of hydrogen-bond acceptors (Lipinski definition) is 2. The molecular weight excluding hydrogens is 609 g/mol. The van der Waals surface area contributed by atoms with Gasteiger partial charge >= 0.3 is 0 Å². The van der Waals surface area contributed by atoms with E-state index in [2.05, 4.69) is 159 Å². The summed E-state index contributed by atoms with van der Waals surface area (Å²) in [5, 5.41) is 0. The van der Waals surface area contributed by atoms with E-state index in [9.17, 15) is 0 Å². The Balaban J connectivity index is -0.000000116. The largest absolute Gasteiger partial charge is 0.385 e. The van der Waals surface area contributed by atoms with Crippen molar-refractivity contribution in [2.45, 2.75) is 250 Å². The molecule has 0 aromatic heterocycles. The Labute approximate surface area is 323 Å². The fourth-order valence-corrected chi connectivity index (χ4v) is 4.14. The van der Waals surface area contributed by atoms with Crippen LogP contribution < -0.4 is 0 Å². The molecule has 1 atom stereocenters. The van der Waals surface area contributed by atoms with Gasteiger partial charge < -0.3 is 9.47 Å². The van der Waals surface area contributed by atoms with Gasteiger partial charge in [-0.25, -0.2) is 0 Å². The fraction of sp³-hybridized carbons (Fsp3) is 1.00. The average molecular weight is 717 g/mol. The maximum atomic E-state index is 5.20. The van der Waals surface area contributed by atoms with Gasteiger partial charge in [-0.05, 0) is 77.4 Å². The summed E-state index contributed by atoms with van der Waals surface area (Å²) in [5.41, 5.74) is 2.96. The molecule has 0 bridgehead atoms. The molecule has 0 N–H and O–H groups in total. The van der Waals surface area contributed by atoms with E-state index in [1.54, 1.807) is 7.11 Å². The van der Waals surface area contributed by atoms with E-state index in [-0.39, 0.29) is 0 Å². The van der Waals surface area contributed by atoms with Gasteiger partial charge in [0.15, 0.2) is 0 Å². The summed E-state index contributed by atoms with van der Waals surface area (Å²) < 4.78 is 10.1. The summed E-state index contributed by atoms with van der Waals surface area (Å²) in [6, 6.07) is 0. The molecule has 0 radical (unpaired) electrons. The quantitative estimate of drug-likeness (QED) is 0.177. The number of hydrogen-bond donors (Lipinski definition) is 0. The van der Waals surface area contributed by atoms with Crippen LogP contribution in [0.5, 0.6) is 0 Å². The highest BCUT2D eigenvalue weighted by Gasteiger charge is 2.18. The zero-order chi connectivity index (χ0) is 41.3. The summed E-state index contributed by atoms with van der Waals surface area (Å²) in [6.45, 7) is 56.8. The molecule has 0 aromatic rings. The molecule has 0 aliphatic rings. The highest BCUT2D eigenvalue weighted by Crippen LogP contribution is 2.28. The first-order valence-corrected chi connectivity index (χ1v) is 21.4. The lowest BCUT2D eigenvalue weighted by Gasteiger charge is -2.26. The van der Waals surface area contributed by atoms with Crippen molar-refractivity contribution in [1.82, 2.24) is 0 Å². The van der Waals surface area contributed by atoms with E-state index in [1.807, 2.05) is 6.92 Å². The van der Waals surface area contributed by atoms with Crippen LogP contribution >= 0.6 is 0 Å². The highest BCUT2D eigenvalue weighted by atomic mass is 16.5. The van der Waals surface area contributed by atoms with E-state index in [0.717, 1.165) is 25.7 Å². The first-order chi connectivity index (χ1) is 22.3. The second-order valence-electron chi connectivity index (χ2n) is 21.9. The Bertz CT molecular complexity index is 548. The first kappa shape index (κ1) is 61.9. The van der Waals surface area contributed by atoms with Gasteiger partial charge in [-0.2, -0.15) is 0 Å². The minimum Gasteiger partial charge on any atom is -0.385 e. The van der Waals surface area contributed by atoms with Crippen molar-refractivity contribution < 1.29 is 9.47 Å². The predicted octanol–water partition coefficient (Wildman–Crippen LogP) is 17.7. The maximum Gasteiger partial charge on any atom is 0.0514 e. The third-order valence-electron chi connectivity index (χ3n) is 8.06. The Kier molecular flexibility index (Phi) is 42.9. The van der Waals surface area contributed by atoms with Gasteiger partial charge in [0.1, 0.15) is 0 Å². The lowest BCUT2D eigenvalue weighted by molar-refractivity contribution is 0.0805. The molecule has 0 aliphatic carbocycles. The van der Waals surface area contributed by atoms with Crippen LogP contribution in [0.25, 0.3) is 0 Å². The van der Waals surface area contributed by atoms with Gasteiger partial charge in [0.05, 0.1) is 6.61 Å². The normalized spacial score (nSPS) is 12.7. The van der Waals surface area contributed by atoms with E-state index in [4.69, 9.17) is 9.47 Å². The first-order valence-electron chi connectivity index (χ1n) is 21.4. The topological polar surface area (TPSA) is 18.5 Å². The molecule has 2 heteroatoms. The van der Waals surface area contributed by atoms with Crippen molar-refractivity contribution in [1.29, 1.82) is 0 Å². The van der Waals surface area contributed by atoms with Crippen molar-refractivity contribution in [3.05, 3.63) is 0 Å². The number of rotatable bonds is 13. The maximum absolute atomic E-state index is 5.20. The van der Waals surface area contributed by atoms with Gasteiger partial charge in [-0.3, -0.25) is 0 Å². The van der Waals surface area contributed by atoms with E-state index >= 15 is 0 Å². The second kappa shape index (κ2) is 34.7. The fourth-order valence-electron chi connectivity index (χ4n) is 4.14. The van der Waals surface area contributed by atoms with Crippen LogP contribution in [0.4, 0.5) is 0 Å². The Morgan fingerprint density at radius 1 is 0.420 bits per heavy atom. The third-order valence-corrected chi connectivity index (χ3v) is 8.06. The monoisotopic (exact) mass is 717 g/mol. The Morgan fingerprint density at radius 2 is 0.720 bits per heavy atom. The van der Waals surface area contributed by atoms with Crippen LogP contribution in [0.15, 0.2) is 0 Å². The van der Waals surface area contributed by atoms with Crippen molar-refractivity contribution in [3.63, 3.8) is 0 Å². The van der Waals surface area contributed by atoms with Gasteiger partial charge in [0.2, 0.25) is 0 Å². The molecule has 1 unspecified atom stereocenters. The standard InChI is InChI=1S/C9H20.C8H18O.3C8H18.C7H16O/c1-6-7-8(2)9(3,4)5;1-8(2,3)6-5-7-9-4;3*1-5-6-7-8(2,3)4;1-5-8-6-7(2,3)4/h8H,6-7H2,1-5H3;5-7H2,1-4H3;3*5-7H2,1-4H3;5-6H2,1-4H3. The van der Waals surface area contributed by atoms with Crippen molar-refractivity contribution in [2.75, 3.05) is 26.9 Å². The molecule has 0 amide bonds. The van der Waals surface area contributed by atoms with E-state index < -0.39 is 0 Å². The predicted molar refractivity (Wildman–Crippen MR) is 237 cm³/mol. The minimum atomic E-state index is 0.329. The number of ether oxygens (including phenoxy) is 2. The number of methoxy groups -OCH3 is 1. The third kappa shape index (κ3) is 86.5. The zero-order valence-corrected chi connectivity index (χ0v) is 40.7. The molecule has 0 heterocycles.